The second kappa shape index (κ2) is 6.48. The van der Waals surface area contributed by atoms with Crippen molar-refractivity contribution in [2.24, 2.45) is 5.73 Å². The molecule has 2 unspecified atom stereocenters. The van der Waals surface area contributed by atoms with Gasteiger partial charge in [0.2, 0.25) is 0 Å². The van der Waals surface area contributed by atoms with E-state index in [4.69, 9.17) is 5.73 Å². The molecule has 2 nitrogen and oxygen atoms in total. The minimum Gasteiger partial charge on any atom is -0.388 e. The first-order valence-corrected chi connectivity index (χ1v) is 7.22. The quantitative estimate of drug-likeness (QED) is 0.893. The average molecular weight is 338 g/mol. The van der Waals surface area contributed by atoms with E-state index in [2.05, 4.69) is 15.9 Å². The number of aliphatic hydroxyl groups excluding tert-OH is 1. The van der Waals surface area contributed by atoms with E-state index in [9.17, 15) is 9.50 Å². The van der Waals surface area contributed by atoms with Crippen molar-refractivity contribution < 1.29 is 9.50 Å². The molecule has 0 saturated heterocycles. The Kier molecular flexibility index (Phi) is 4.91. The van der Waals surface area contributed by atoms with Crippen molar-refractivity contribution in [3.63, 3.8) is 0 Å². The smallest absolute Gasteiger partial charge is 0.126 e. The summed E-state index contributed by atoms with van der Waals surface area (Å²) < 4.78 is 14.2. The summed E-state index contributed by atoms with van der Waals surface area (Å²) in [6.45, 7) is 1.99. The first kappa shape index (κ1) is 15.2. The van der Waals surface area contributed by atoms with Crippen LogP contribution in [0.2, 0.25) is 0 Å². The molecule has 106 valence electrons. The molecule has 4 heteroatoms. The van der Waals surface area contributed by atoms with Crippen molar-refractivity contribution in [2.75, 3.05) is 6.54 Å². The normalized spacial score (nSPS) is 14.1. The summed E-state index contributed by atoms with van der Waals surface area (Å²) in [5, 5.41) is 10.6. The molecule has 2 aromatic rings. The monoisotopic (exact) mass is 337 g/mol. The first-order chi connectivity index (χ1) is 9.54. The number of aryl methyl sites for hydroxylation is 1. The van der Waals surface area contributed by atoms with Gasteiger partial charge in [0.05, 0.1) is 6.10 Å². The zero-order chi connectivity index (χ0) is 14.7. The molecule has 0 aliphatic heterocycles. The maximum Gasteiger partial charge on any atom is 0.126 e. The summed E-state index contributed by atoms with van der Waals surface area (Å²) in [7, 11) is 0. The number of rotatable bonds is 4. The maximum atomic E-state index is 13.3. The van der Waals surface area contributed by atoms with Crippen LogP contribution < -0.4 is 5.73 Å². The second-order valence-corrected chi connectivity index (χ2v) is 5.67. The van der Waals surface area contributed by atoms with Gasteiger partial charge in [-0.3, -0.25) is 0 Å². The molecule has 0 fully saturated rings. The van der Waals surface area contributed by atoms with Crippen molar-refractivity contribution in [2.45, 2.75) is 18.9 Å². The fourth-order valence-corrected chi connectivity index (χ4v) is 2.86. The number of hydrogen-bond acceptors (Lipinski definition) is 2. The summed E-state index contributed by atoms with van der Waals surface area (Å²) in [5.74, 6) is -0.512. The predicted molar refractivity (Wildman–Crippen MR) is 82.0 cm³/mol. The van der Waals surface area contributed by atoms with Gasteiger partial charge in [-0.05, 0) is 35.7 Å². The molecular formula is C16H17BrFNO. The van der Waals surface area contributed by atoms with Gasteiger partial charge < -0.3 is 10.8 Å². The molecule has 2 atom stereocenters. The lowest BCUT2D eigenvalue weighted by Crippen LogP contribution is -2.20. The Morgan fingerprint density at radius 2 is 1.95 bits per heavy atom. The van der Waals surface area contributed by atoms with E-state index in [-0.39, 0.29) is 11.7 Å². The Morgan fingerprint density at radius 1 is 1.25 bits per heavy atom. The molecule has 0 aliphatic carbocycles. The number of halogens is 2. The highest BCUT2D eigenvalue weighted by molar-refractivity contribution is 9.10. The number of aliphatic hydroxyl groups is 1. The van der Waals surface area contributed by atoms with Gasteiger partial charge in [0.15, 0.2) is 0 Å². The van der Waals surface area contributed by atoms with E-state index in [1.54, 1.807) is 19.1 Å². The van der Waals surface area contributed by atoms with Gasteiger partial charge in [0, 0.05) is 16.9 Å². The highest BCUT2D eigenvalue weighted by atomic mass is 79.9. The number of benzene rings is 2. The van der Waals surface area contributed by atoms with Crippen molar-refractivity contribution in [1.82, 2.24) is 0 Å². The molecule has 20 heavy (non-hydrogen) atoms. The van der Waals surface area contributed by atoms with Gasteiger partial charge in [-0.15, -0.1) is 0 Å². The molecular weight excluding hydrogens is 321 g/mol. The van der Waals surface area contributed by atoms with Crippen LogP contribution in [0.5, 0.6) is 0 Å². The van der Waals surface area contributed by atoms with Gasteiger partial charge >= 0.3 is 0 Å². The SMILES string of the molecule is Cc1cc(C(O)C(CN)c2ccccc2Br)ccc1F. The molecule has 2 rings (SSSR count). The van der Waals surface area contributed by atoms with Gasteiger partial charge in [0.25, 0.3) is 0 Å². The third kappa shape index (κ3) is 3.08. The van der Waals surface area contributed by atoms with E-state index < -0.39 is 6.10 Å². The summed E-state index contributed by atoms with van der Waals surface area (Å²) in [5.41, 5.74) is 7.97. The van der Waals surface area contributed by atoms with Crippen LogP contribution in [-0.4, -0.2) is 11.7 Å². The zero-order valence-electron chi connectivity index (χ0n) is 11.2. The van der Waals surface area contributed by atoms with Crippen LogP contribution >= 0.6 is 15.9 Å². The molecule has 3 N–H and O–H groups in total. The third-order valence-electron chi connectivity index (χ3n) is 3.46. The van der Waals surface area contributed by atoms with Crippen molar-refractivity contribution >= 4 is 15.9 Å². The molecule has 0 bridgehead atoms. The van der Waals surface area contributed by atoms with Crippen molar-refractivity contribution in [3.05, 3.63) is 69.4 Å². The Morgan fingerprint density at radius 3 is 2.55 bits per heavy atom. The Balaban J connectivity index is 2.36. The van der Waals surface area contributed by atoms with Crippen LogP contribution in [0.15, 0.2) is 46.9 Å². The highest BCUT2D eigenvalue weighted by Gasteiger charge is 2.23. The zero-order valence-corrected chi connectivity index (χ0v) is 12.8. The van der Waals surface area contributed by atoms with Gasteiger partial charge in [-0.25, -0.2) is 4.39 Å². The number of hydrogen-bond donors (Lipinski definition) is 2. The predicted octanol–water partition coefficient (Wildman–Crippen LogP) is 3.67. The topological polar surface area (TPSA) is 46.2 Å². The lowest BCUT2D eigenvalue weighted by atomic mass is 9.88. The molecule has 2 aromatic carbocycles. The largest absolute Gasteiger partial charge is 0.388 e. The molecule has 0 heterocycles. The van der Waals surface area contributed by atoms with E-state index >= 15 is 0 Å². The molecule has 0 amide bonds. The van der Waals surface area contributed by atoms with Crippen LogP contribution in [0.3, 0.4) is 0 Å². The lowest BCUT2D eigenvalue weighted by Gasteiger charge is -2.23. The molecule has 0 radical (unpaired) electrons. The van der Waals surface area contributed by atoms with Crippen LogP contribution in [0, 0.1) is 12.7 Å². The molecule has 0 aromatic heterocycles. The minimum absolute atomic E-state index is 0.240. The van der Waals surface area contributed by atoms with Crippen molar-refractivity contribution in [1.29, 1.82) is 0 Å². The molecule has 0 aliphatic rings. The summed E-state index contributed by atoms with van der Waals surface area (Å²) in [4.78, 5) is 0. The standard InChI is InChI=1S/C16H17BrFNO/c1-10-8-11(6-7-15(10)18)16(20)13(9-19)12-4-2-3-5-14(12)17/h2-8,13,16,20H,9,19H2,1H3. The van der Waals surface area contributed by atoms with Crippen LogP contribution in [0.25, 0.3) is 0 Å². The average Bonchev–Trinajstić information content (AvgIpc) is 2.44. The van der Waals surface area contributed by atoms with Crippen molar-refractivity contribution in [3.8, 4) is 0 Å². The van der Waals surface area contributed by atoms with Crippen LogP contribution in [0.1, 0.15) is 28.7 Å². The van der Waals surface area contributed by atoms with Crippen LogP contribution in [0.4, 0.5) is 4.39 Å². The maximum absolute atomic E-state index is 13.3. The number of nitrogens with two attached hydrogens (primary N) is 1. The summed E-state index contributed by atoms with van der Waals surface area (Å²) in [6, 6.07) is 12.3. The van der Waals surface area contributed by atoms with Gasteiger partial charge in [0.1, 0.15) is 5.82 Å². The first-order valence-electron chi connectivity index (χ1n) is 6.43. The molecule has 0 spiro atoms. The van der Waals surface area contributed by atoms with E-state index in [0.717, 1.165) is 10.0 Å². The summed E-state index contributed by atoms with van der Waals surface area (Å²) >= 11 is 3.48. The molecule has 0 saturated carbocycles. The van der Waals surface area contributed by atoms with E-state index in [1.807, 2.05) is 24.3 Å². The Labute approximate surface area is 126 Å². The Hall–Kier alpha value is -1.23. The van der Waals surface area contributed by atoms with E-state index in [0.29, 0.717) is 17.7 Å². The minimum atomic E-state index is -0.766. The second-order valence-electron chi connectivity index (χ2n) is 4.82. The summed E-state index contributed by atoms with van der Waals surface area (Å²) in [6.07, 6.45) is -0.766. The Bertz CT molecular complexity index is 603. The third-order valence-corrected chi connectivity index (χ3v) is 4.19. The highest BCUT2D eigenvalue weighted by Crippen LogP contribution is 2.34. The van der Waals surface area contributed by atoms with E-state index in [1.165, 1.54) is 6.07 Å². The fraction of sp³-hybridized carbons (Fsp3) is 0.250. The lowest BCUT2D eigenvalue weighted by molar-refractivity contribution is 0.147. The van der Waals surface area contributed by atoms with Crippen LogP contribution in [-0.2, 0) is 0 Å². The van der Waals surface area contributed by atoms with Gasteiger partial charge in [-0.2, -0.15) is 0 Å². The fourth-order valence-electron chi connectivity index (χ4n) is 2.29. The van der Waals surface area contributed by atoms with Gasteiger partial charge in [-0.1, -0.05) is 46.3 Å².